The van der Waals surface area contributed by atoms with Crippen molar-refractivity contribution in [2.45, 2.75) is 72.6 Å². The summed E-state index contributed by atoms with van der Waals surface area (Å²) < 4.78 is 9.07. The predicted octanol–water partition coefficient (Wildman–Crippen LogP) is 39.6. The van der Waals surface area contributed by atoms with Crippen LogP contribution in [0, 0.1) is 0 Å². The van der Waals surface area contributed by atoms with Crippen LogP contribution in [0.1, 0.15) is 89.8 Å². The van der Waals surface area contributed by atoms with Crippen molar-refractivity contribution < 1.29 is 4.42 Å². The Bertz CT molecular complexity index is 8230. The zero-order chi connectivity index (χ0) is 94.2. The molecular formula is C137H109N3OS. The molecule has 2 aromatic heterocycles. The molecule has 5 heteroatoms. The molecule has 684 valence electrons. The molecule has 0 atom stereocenters. The highest BCUT2D eigenvalue weighted by Gasteiger charge is 2.42. The van der Waals surface area contributed by atoms with Gasteiger partial charge in [0.2, 0.25) is 0 Å². The first-order chi connectivity index (χ1) is 68.7. The van der Waals surface area contributed by atoms with Crippen LogP contribution in [0.15, 0.2) is 508 Å². The number of hydrogen-bond acceptors (Lipinski definition) is 5. The van der Waals surface area contributed by atoms with E-state index >= 15 is 0 Å². The maximum Gasteiger partial charge on any atom is 0.143 e. The highest BCUT2D eigenvalue weighted by molar-refractivity contribution is 7.26. The van der Waals surface area contributed by atoms with Gasteiger partial charge >= 0.3 is 0 Å². The Kier molecular flexibility index (Phi) is 23.8. The molecule has 23 aromatic rings. The van der Waals surface area contributed by atoms with Crippen LogP contribution in [0.3, 0.4) is 0 Å². The molecule has 142 heavy (non-hydrogen) atoms. The molecule has 0 spiro atoms. The zero-order valence-corrected chi connectivity index (χ0v) is 79.9. The standard InChI is InChI=1S/C45H33NO.C45H33NS.C45H35N.2CH4/c2*1-45(2)39-18-8-6-15-38(39)43-40(45)19-11-20-41(43)46(33-26-22-31(23-27-33)30-12-4-3-5-13-30)34-28-24-32(25-29-34)35-16-10-17-37-36-14-7-9-21-42(36)47-44(35)37;1-45(2)40-22-13-12-21-38(40)44-41(45)23-14-24-43(44)46(37-28-25-34(26-29-37)32-15-6-3-7-16-32)42-30-27-36(33-17-8-4-9-18-33)31-39(42)35-19-10-5-11-20-35;;/h2*3-29H,1-2H3;3-31H,1-2H3;2*1H4. The van der Waals surface area contributed by atoms with Gasteiger partial charge in [0.1, 0.15) is 11.2 Å². The highest BCUT2D eigenvalue weighted by Crippen LogP contribution is 2.60. The second kappa shape index (κ2) is 37.4. The third-order valence-electron chi connectivity index (χ3n) is 29.3. The lowest BCUT2D eigenvalue weighted by Gasteiger charge is -2.31. The fourth-order valence-electron chi connectivity index (χ4n) is 22.2. The molecule has 0 radical (unpaired) electrons. The van der Waals surface area contributed by atoms with Gasteiger partial charge in [0.25, 0.3) is 0 Å². The van der Waals surface area contributed by atoms with Crippen molar-refractivity contribution in [1.29, 1.82) is 0 Å². The number of rotatable bonds is 16. The Morgan fingerprint density at radius 2 is 0.472 bits per heavy atom. The van der Waals surface area contributed by atoms with Crippen molar-refractivity contribution in [1.82, 2.24) is 0 Å². The number of nitrogens with zero attached hydrogens (tertiary/aromatic N) is 3. The maximum absolute atomic E-state index is 6.39. The summed E-state index contributed by atoms with van der Waals surface area (Å²) in [7, 11) is 0. The van der Waals surface area contributed by atoms with Crippen molar-refractivity contribution in [3.8, 4) is 111 Å². The summed E-state index contributed by atoms with van der Waals surface area (Å²) in [5.41, 5.74) is 44.8. The number of hydrogen-bond donors (Lipinski definition) is 0. The molecule has 0 unspecified atom stereocenters. The van der Waals surface area contributed by atoms with Gasteiger partial charge in [0.15, 0.2) is 0 Å². The first-order valence-corrected chi connectivity index (χ1v) is 49.4. The lowest BCUT2D eigenvalue weighted by Crippen LogP contribution is -2.16. The van der Waals surface area contributed by atoms with E-state index < -0.39 is 0 Å². The molecule has 0 bridgehead atoms. The number of para-hydroxylation sites is 2. The highest BCUT2D eigenvalue weighted by atomic mass is 32.1. The largest absolute Gasteiger partial charge is 0.455 e. The predicted molar refractivity (Wildman–Crippen MR) is 608 cm³/mol. The van der Waals surface area contributed by atoms with Crippen LogP contribution in [0.2, 0.25) is 0 Å². The minimum absolute atomic E-state index is 0. The normalized spacial score (nSPS) is 12.8. The molecular weight excluding hydrogens is 1740 g/mol. The Balaban J connectivity index is 0.000000121. The zero-order valence-electron chi connectivity index (χ0n) is 79.1. The van der Waals surface area contributed by atoms with Crippen LogP contribution in [-0.2, 0) is 16.2 Å². The van der Waals surface area contributed by atoms with Gasteiger partial charge in [-0.25, -0.2) is 0 Å². The molecule has 0 aliphatic heterocycles. The van der Waals surface area contributed by atoms with E-state index in [1.54, 1.807) is 0 Å². The van der Waals surface area contributed by atoms with Crippen LogP contribution in [0.5, 0.6) is 0 Å². The van der Waals surface area contributed by atoms with Gasteiger partial charge < -0.3 is 19.1 Å². The topological polar surface area (TPSA) is 22.9 Å². The molecule has 4 nitrogen and oxygen atoms in total. The summed E-state index contributed by atoms with van der Waals surface area (Å²) in [6.07, 6.45) is 0. The smallest absolute Gasteiger partial charge is 0.143 e. The lowest BCUT2D eigenvalue weighted by atomic mass is 9.82. The lowest BCUT2D eigenvalue weighted by molar-refractivity contribution is 0.660. The molecule has 26 rings (SSSR count). The average Bonchev–Trinajstić information content (AvgIpc) is 1.56. The number of benzene rings is 21. The molecule has 0 saturated heterocycles. The van der Waals surface area contributed by atoms with E-state index in [9.17, 15) is 0 Å². The van der Waals surface area contributed by atoms with Crippen LogP contribution in [-0.4, -0.2) is 0 Å². The van der Waals surface area contributed by atoms with E-state index in [1.807, 2.05) is 23.5 Å². The number of furan rings is 1. The first kappa shape index (κ1) is 90.2. The first-order valence-electron chi connectivity index (χ1n) is 48.6. The molecule has 3 aliphatic rings. The molecule has 0 saturated carbocycles. The van der Waals surface area contributed by atoms with Gasteiger partial charge in [0.05, 0.1) is 22.7 Å². The molecule has 0 N–H and O–H groups in total. The summed E-state index contributed by atoms with van der Waals surface area (Å²) in [5.74, 6) is 0. The van der Waals surface area contributed by atoms with E-state index in [0.717, 1.165) is 67.2 Å². The average molecular weight is 1850 g/mol. The Hall–Kier alpha value is -17.0. The fourth-order valence-corrected chi connectivity index (χ4v) is 23.5. The molecule has 0 amide bonds. The van der Waals surface area contributed by atoms with Gasteiger partial charge in [-0.1, -0.05) is 457 Å². The van der Waals surface area contributed by atoms with E-state index in [2.05, 4.69) is 548 Å². The third-order valence-corrected chi connectivity index (χ3v) is 30.5. The van der Waals surface area contributed by atoms with E-state index in [1.165, 1.54) is 171 Å². The summed E-state index contributed by atoms with van der Waals surface area (Å²) in [5, 5.41) is 4.95. The van der Waals surface area contributed by atoms with Crippen molar-refractivity contribution >= 4 is 105 Å². The van der Waals surface area contributed by atoms with Crippen LogP contribution < -0.4 is 14.7 Å². The molecule has 0 fully saturated rings. The number of thiophene rings is 1. The van der Waals surface area contributed by atoms with E-state index in [4.69, 9.17) is 4.42 Å². The minimum Gasteiger partial charge on any atom is -0.455 e. The Morgan fingerprint density at radius 3 is 0.901 bits per heavy atom. The van der Waals surface area contributed by atoms with Crippen molar-refractivity contribution in [2.24, 2.45) is 0 Å². The van der Waals surface area contributed by atoms with Crippen molar-refractivity contribution in [3.05, 3.63) is 537 Å². The summed E-state index contributed by atoms with van der Waals surface area (Å²) in [4.78, 5) is 7.33. The molecule has 2 heterocycles. The summed E-state index contributed by atoms with van der Waals surface area (Å²) in [6.45, 7) is 14.1. The summed E-state index contributed by atoms with van der Waals surface area (Å²) in [6, 6.07) is 183. The second-order valence-electron chi connectivity index (χ2n) is 38.5. The van der Waals surface area contributed by atoms with Crippen molar-refractivity contribution in [3.63, 3.8) is 0 Å². The second-order valence-corrected chi connectivity index (χ2v) is 39.5. The van der Waals surface area contributed by atoms with Gasteiger partial charge in [0, 0.05) is 103 Å². The van der Waals surface area contributed by atoms with Crippen LogP contribution >= 0.6 is 11.3 Å². The number of fused-ring (bicyclic) bond motifs is 15. The Morgan fingerprint density at radius 1 is 0.190 bits per heavy atom. The Labute approximate surface area is 838 Å². The summed E-state index contributed by atoms with van der Waals surface area (Å²) >= 11 is 1.88. The van der Waals surface area contributed by atoms with Crippen molar-refractivity contribution in [2.75, 3.05) is 14.7 Å². The SMILES string of the molecule is C.C.CC1(C)c2ccccc2-c2c(N(c3ccc(-c4ccccc4)cc3)c3ccc(-c4cccc5c4oc4ccccc45)cc3)cccc21.CC1(C)c2ccccc2-c2c(N(c3ccc(-c4ccccc4)cc3)c3ccc(-c4cccc5c4sc4ccccc45)cc3)cccc21.CC1(C)c2ccccc2-c2c(N(c3ccc(-c4ccccc4)cc3)c3ccc(-c4ccccc4)cc3-c3ccccc3)cccc21. The van der Waals surface area contributed by atoms with Gasteiger partial charge in [-0.3, -0.25) is 0 Å². The number of anilines is 9. The minimum atomic E-state index is -0.0931. The van der Waals surface area contributed by atoms with Gasteiger partial charge in [-0.2, -0.15) is 0 Å². The molecule has 3 aliphatic carbocycles. The monoisotopic (exact) mass is 1840 g/mol. The molecule has 21 aromatic carbocycles. The van der Waals surface area contributed by atoms with Crippen LogP contribution in [0.4, 0.5) is 51.2 Å². The third kappa shape index (κ3) is 15.9. The van der Waals surface area contributed by atoms with Crippen LogP contribution in [0.25, 0.3) is 153 Å². The fraction of sp³-hybridized carbons (Fsp3) is 0.0803. The van der Waals surface area contributed by atoms with Gasteiger partial charge in [-0.05, 0) is 220 Å². The quantitative estimate of drug-likeness (QED) is 0.0962. The van der Waals surface area contributed by atoms with E-state index in [0.29, 0.717) is 0 Å². The van der Waals surface area contributed by atoms with Gasteiger partial charge in [-0.15, -0.1) is 11.3 Å². The van der Waals surface area contributed by atoms with E-state index in [-0.39, 0.29) is 31.1 Å². The maximum atomic E-state index is 6.39.